The molecule has 8 heteroatoms. The number of fused-ring (bicyclic) bond motifs is 1. The molecule has 0 unspecified atom stereocenters. The molecule has 2 heterocycles. The molecule has 128 valence electrons. The first-order valence-electron chi connectivity index (χ1n) is 7.59. The van der Waals surface area contributed by atoms with Crippen LogP contribution in [0.25, 0.3) is 21.6 Å². The largest absolute Gasteiger partial charge is 0.383 e. The molecule has 2 N–H and O–H groups in total. The Morgan fingerprint density at radius 3 is 2.69 bits per heavy atom. The van der Waals surface area contributed by atoms with Gasteiger partial charge in [-0.2, -0.15) is 14.6 Å². The van der Waals surface area contributed by atoms with Gasteiger partial charge < -0.3 is 5.73 Å². The Morgan fingerprint density at radius 1 is 1.15 bits per heavy atom. The number of nitrogens with zero attached hydrogens (tertiary/aromatic N) is 3. The number of anilines is 1. The number of hydrogen-bond donors (Lipinski definition) is 1. The number of halogens is 1. The summed E-state index contributed by atoms with van der Waals surface area (Å²) in [5.74, 6) is -0.0573. The van der Waals surface area contributed by atoms with E-state index in [2.05, 4.69) is 26.0 Å². The van der Waals surface area contributed by atoms with Crippen molar-refractivity contribution in [2.24, 2.45) is 0 Å². The summed E-state index contributed by atoms with van der Waals surface area (Å²) in [4.78, 5) is 28.9. The summed E-state index contributed by atoms with van der Waals surface area (Å²) < 4.78 is 2.17. The van der Waals surface area contributed by atoms with Crippen molar-refractivity contribution in [3.05, 3.63) is 74.5 Å². The second-order valence-electron chi connectivity index (χ2n) is 5.51. The zero-order chi connectivity index (χ0) is 18.3. The first-order valence-corrected chi connectivity index (χ1v) is 9.20. The molecule has 1 aliphatic carbocycles. The van der Waals surface area contributed by atoms with Crippen LogP contribution in [0.2, 0.25) is 0 Å². The molecule has 0 bridgehead atoms. The number of carbonyl (C=O) groups is 1. The number of carbonyl (C=O) groups excluding carboxylic acids is 1. The van der Waals surface area contributed by atoms with Crippen LogP contribution < -0.4 is 11.3 Å². The molecule has 0 spiro atoms. The minimum absolute atomic E-state index is 0.141. The normalized spacial score (nSPS) is 15.7. The molecular weight excluding hydrogens is 416 g/mol. The number of aromatic nitrogens is 3. The van der Waals surface area contributed by atoms with E-state index in [-0.39, 0.29) is 17.2 Å². The highest BCUT2D eigenvalue weighted by atomic mass is 79.9. The number of hydrogen-bond acceptors (Lipinski definition) is 6. The molecule has 6 nitrogen and oxygen atoms in total. The molecule has 0 fully saturated rings. The Kier molecular flexibility index (Phi) is 4.14. The lowest BCUT2D eigenvalue weighted by Crippen LogP contribution is -2.17. The van der Waals surface area contributed by atoms with Gasteiger partial charge in [0, 0.05) is 15.6 Å². The minimum Gasteiger partial charge on any atom is -0.383 e. The van der Waals surface area contributed by atoms with Gasteiger partial charge in [0.05, 0.1) is 5.56 Å². The van der Waals surface area contributed by atoms with Gasteiger partial charge in [0.15, 0.2) is 5.78 Å². The molecule has 0 saturated heterocycles. The van der Waals surface area contributed by atoms with Gasteiger partial charge >= 0.3 is 0 Å². The van der Waals surface area contributed by atoms with E-state index >= 15 is 0 Å². The van der Waals surface area contributed by atoms with Crippen molar-refractivity contribution in [3.8, 4) is 10.6 Å². The van der Waals surface area contributed by atoms with E-state index in [9.17, 15) is 9.59 Å². The summed E-state index contributed by atoms with van der Waals surface area (Å²) in [6.45, 7) is 0. The van der Waals surface area contributed by atoms with Gasteiger partial charge in [-0.3, -0.25) is 9.59 Å². The second kappa shape index (κ2) is 6.47. The number of benzene rings is 1. The van der Waals surface area contributed by atoms with Crippen LogP contribution in [0.1, 0.15) is 5.56 Å². The SMILES string of the molecule is Nc1c(C=C2C=C(Br)C=CC2=O)c(=O)nc2sc(-c3ccccc3)nn12. The summed E-state index contributed by atoms with van der Waals surface area (Å²) in [6.07, 6.45) is 6.15. The van der Waals surface area contributed by atoms with Gasteiger partial charge in [-0.1, -0.05) is 57.6 Å². The molecular formula is C18H11BrN4O2S. The molecule has 0 radical (unpaired) electrons. The van der Waals surface area contributed by atoms with E-state index in [0.717, 1.165) is 10.0 Å². The van der Waals surface area contributed by atoms with E-state index in [1.54, 1.807) is 12.2 Å². The van der Waals surface area contributed by atoms with Crippen LogP contribution >= 0.6 is 27.3 Å². The lowest BCUT2D eigenvalue weighted by atomic mass is 10.0. The summed E-state index contributed by atoms with van der Waals surface area (Å²) in [5.41, 5.74) is 7.08. The maximum Gasteiger partial charge on any atom is 0.283 e. The maximum atomic E-state index is 12.4. The Balaban J connectivity index is 1.88. The highest BCUT2D eigenvalue weighted by Crippen LogP contribution is 2.27. The number of allylic oxidation sites excluding steroid dienone is 5. The highest BCUT2D eigenvalue weighted by Gasteiger charge is 2.16. The zero-order valence-electron chi connectivity index (χ0n) is 13.2. The molecule has 4 rings (SSSR count). The Labute approximate surface area is 160 Å². The highest BCUT2D eigenvalue weighted by molar-refractivity contribution is 9.11. The van der Waals surface area contributed by atoms with E-state index in [4.69, 9.17) is 5.73 Å². The molecule has 2 aromatic heterocycles. The van der Waals surface area contributed by atoms with Crippen LogP contribution in [0.5, 0.6) is 0 Å². The van der Waals surface area contributed by atoms with Gasteiger partial charge in [0.25, 0.3) is 5.56 Å². The lowest BCUT2D eigenvalue weighted by molar-refractivity contribution is -0.111. The molecule has 0 atom stereocenters. The third-order valence-corrected chi connectivity index (χ3v) is 5.23. The third kappa shape index (κ3) is 2.93. The monoisotopic (exact) mass is 426 g/mol. The van der Waals surface area contributed by atoms with E-state index in [1.807, 2.05) is 30.3 Å². The van der Waals surface area contributed by atoms with Gasteiger partial charge in [0.1, 0.15) is 10.8 Å². The molecule has 26 heavy (non-hydrogen) atoms. The average molecular weight is 427 g/mol. The summed E-state index contributed by atoms with van der Waals surface area (Å²) >= 11 is 4.59. The minimum atomic E-state index is -0.495. The van der Waals surface area contributed by atoms with Crippen LogP contribution in [0.4, 0.5) is 5.82 Å². The van der Waals surface area contributed by atoms with Crippen LogP contribution in [-0.4, -0.2) is 20.4 Å². The van der Waals surface area contributed by atoms with Gasteiger partial charge in [-0.15, -0.1) is 0 Å². The van der Waals surface area contributed by atoms with E-state index < -0.39 is 5.56 Å². The first-order chi connectivity index (χ1) is 12.5. The van der Waals surface area contributed by atoms with E-state index in [0.29, 0.717) is 15.5 Å². The van der Waals surface area contributed by atoms with Crippen molar-refractivity contribution >= 4 is 49.9 Å². The standard InChI is InChI=1S/C18H11BrN4O2S/c19-12-6-7-14(24)11(8-12)9-13-15(20)23-18(21-16(13)25)26-17(22-23)10-4-2-1-3-5-10/h1-9H,20H2. The molecule has 0 saturated carbocycles. The fourth-order valence-corrected chi connectivity index (χ4v) is 3.78. The Morgan fingerprint density at radius 2 is 1.92 bits per heavy atom. The van der Waals surface area contributed by atoms with Crippen molar-refractivity contribution in [2.45, 2.75) is 0 Å². The van der Waals surface area contributed by atoms with Crippen LogP contribution in [0, 0.1) is 0 Å². The Bertz CT molecular complexity index is 1190. The van der Waals surface area contributed by atoms with Crippen molar-refractivity contribution in [1.82, 2.24) is 14.6 Å². The quantitative estimate of drug-likeness (QED) is 0.635. The summed E-state index contributed by atoms with van der Waals surface area (Å²) in [6, 6.07) is 9.57. The fraction of sp³-hybridized carbons (Fsp3) is 0. The number of nitrogens with two attached hydrogens (primary N) is 1. The van der Waals surface area contributed by atoms with Crippen molar-refractivity contribution in [3.63, 3.8) is 0 Å². The predicted octanol–water partition coefficient (Wildman–Crippen LogP) is 3.20. The maximum absolute atomic E-state index is 12.4. The van der Waals surface area contributed by atoms with Gasteiger partial charge in [0.2, 0.25) is 4.96 Å². The summed E-state index contributed by atoms with van der Waals surface area (Å²) in [7, 11) is 0. The molecule has 0 amide bonds. The zero-order valence-corrected chi connectivity index (χ0v) is 15.6. The average Bonchev–Trinajstić information content (AvgIpc) is 3.06. The van der Waals surface area contributed by atoms with Crippen molar-refractivity contribution in [1.29, 1.82) is 0 Å². The van der Waals surface area contributed by atoms with E-state index in [1.165, 1.54) is 28.0 Å². The number of rotatable bonds is 2. The Hall–Kier alpha value is -2.84. The topological polar surface area (TPSA) is 90.4 Å². The molecule has 1 aromatic carbocycles. The number of nitrogen functional groups attached to an aromatic ring is 1. The predicted molar refractivity (Wildman–Crippen MR) is 106 cm³/mol. The fourth-order valence-electron chi connectivity index (χ4n) is 2.50. The summed E-state index contributed by atoms with van der Waals surface area (Å²) in [5, 5.41) is 5.17. The first kappa shape index (κ1) is 16.6. The van der Waals surface area contributed by atoms with Crippen LogP contribution in [0.3, 0.4) is 0 Å². The smallest absolute Gasteiger partial charge is 0.283 e. The molecule has 3 aromatic rings. The number of ketones is 1. The van der Waals surface area contributed by atoms with Crippen molar-refractivity contribution in [2.75, 3.05) is 5.73 Å². The molecule has 1 aliphatic rings. The second-order valence-corrected chi connectivity index (χ2v) is 7.38. The van der Waals surface area contributed by atoms with Crippen LogP contribution in [-0.2, 0) is 4.79 Å². The van der Waals surface area contributed by atoms with Crippen LogP contribution in [0.15, 0.2) is 63.4 Å². The van der Waals surface area contributed by atoms with Gasteiger partial charge in [-0.05, 0) is 24.3 Å². The third-order valence-electron chi connectivity index (χ3n) is 3.78. The lowest BCUT2D eigenvalue weighted by Gasteiger charge is -2.05. The van der Waals surface area contributed by atoms with Gasteiger partial charge in [-0.25, -0.2) is 0 Å². The van der Waals surface area contributed by atoms with Crippen molar-refractivity contribution < 1.29 is 4.79 Å². The molecule has 0 aliphatic heterocycles.